The van der Waals surface area contributed by atoms with Crippen LogP contribution in [0.15, 0.2) is 21.6 Å². The van der Waals surface area contributed by atoms with Crippen LogP contribution in [-0.2, 0) is 14.8 Å². The molecular formula is C17H23N3O7S. The first-order valence-electron chi connectivity index (χ1n) is 8.25. The van der Waals surface area contributed by atoms with E-state index in [0.717, 1.165) is 0 Å². The van der Waals surface area contributed by atoms with Crippen LogP contribution < -0.4 is 24.2 Å². The zero-order valence-corrected chi connectivity index (χ0v) is 17.1. The van der Waals surface area contributed by atoms with Gasteiger partial charge in [-0.2, -0.15) is 0 Å². The number of amides is 1. The predicted molar refractivity (Wildman–Crippen MR) is 101 cm³/mol. The number of ether oxygens (including phenoxy) is 3. The van der Waals surface area contributed by atoms with Crippen molar-refractivity contribution < 1.29 is 31.9 Å². The van der Waals surface area contributed by atoms with Gasteiger partial charge in [0, 0.05) is 30.8 Å². The Labute approximate surface area is 163 Å². The number of methoxy groups -OCH3 is 3. The number of benzene rings is 1. The maximum absolute atomic E-state index is 12.3. The Balaban J connectivity index is 2.01. The molecule has 0 bridgehead atoms. The summed E-state index contributed by atoms with van der Waals surface area (Å²) in [5.41, 5.74) is 0.681. The standard InChI is InChI=1S/C17H23N3O7S/c1-10-17(11(2)27-20-10)28(22,23)18-7-6-15(21)19-12-8-13(24-3)16(26-5)14(9-12)25-4/h8-9,18H,6-7H2,1-5H3,(H,19,21). The molecular weight excluding hydrogens is 390 g/mol. The SMILES string of the molecule is COc1cc(NC(=O)CCNS(=O)(=O)c2c(C)noc2C)cc(OC)c1OC. The van der Waals surface area contributed by atoms with Crippen LogP contribution in [0.1, 0.15) is 17.9 Å². The Hall–Kier alpha value is -2.79. The third kappa shape index (κ3) is 4.73. The van der Waals surface area contributed by atoms with E-state index in [9.17, 15) is 13.2 Å². The van der Waals surface area contributed by atoms with Crippen LogP contribution in [0.2, 0.25) is 0 Å². The van der Waals surface area contributed by atoms with E-state index < -0.39 is 15.9 Å². The smallest absolute Gasteiger partial charge is 0.245 e. The van der Waals surface area contributed by atoms with Crippen LogP contribution >= 0.6 is 0 Å². The Morgan fingerprint density at radius 2 is 1.71 bits per heavy atom. The summed E-state index contributed by atoms with van der Waals surface area (Å²) in [6.45, 7) is 2.94. The molecule has 1 aromatic carbocycles. The summed E-state index contributed by atoms with van der Waals surface area (Å²) in [6, 6.07) is 3.15. The van der Waals surface area contributed by atoms with E-state index >= 15 is 0 Å². The molecule has 0 aliphatic rings. The van der Waals surface area contributed by atoms with Gasteiger partial charge in [-0.15, -0.1) is 0 Å². The molecule has 0 unspecified atom stereocenters. The van der Waals surface area contributed by atoms with Gasteiger partial charge < -0.3 is 24.1 Å². The molecule has 2 rings (SSSR count). The normalized spacial score (nSPS) is 11.2. The fourth-order valence-electron chi connectivity index (χ4n) is 2.61. The van der Waals surface area contributed by atoms with E-state index in [1.54, 1.807) is 12.1 Å². The number of nitrogens with zero attached hydrogens (tertiary/aromatic N) is 1. The van der Waals surface area contributed by atoms with E-state index in [-0.39, 0.29) is 29.3 Å². The second-order valence-electron chi connectivity index (χ2n) is 5.76. The minimum absolute atomic E-state index is 0.0162. The first-order chi connectivity index (χ1) is 13.2. The number of hydrogen-bond donors (Lipinski definition) is 2. The molecule has 0 saturated carbocycles. The van der Waals surface area contributed by atoms with Gasteiger partial charge >= 0.3 is 0 Å². The zero-order chi connectivity index (χ0) is 20.9. The summed E-state index contributed by atoms with van der Waals surface area (Å²) in [5, 5.41) is 6.29. The molecule has 0 atom stereocenters. The molecule has 0 saturated heterocycles. The van der Waals surface area contributed by atoms with Crippen LogP contribution in [-0.4, -0.2) is 47.4 Å². The number of carbonyl (C=O) groups excluding carboxylic acids is 1. The Morgan fingerprint density at radius 3 is 2.18 bits per heavy atom. The van der Waals surface area contributed by atoms with Crippen molar-refractivity contribution in [2.24, 2.45) is 0 Å². The lowest BCUT2D eigenvalue weighted by Gasteiger charge is -2.14. The van der Waals surface area contributed by atoms with Crippen molar-refractivity contribution in [2.75, 3.05) is 33.2 Å². The maximum atomic E-state index is 12.3. The van der Waals surface area contributed by atoms with Crippen LogP contribution in [0.5, 0.6) is 17.2 Å². The Kier molecular flexibility index (Phi) is 6.86. The van der Waals surface area contributed by atoms with Crippen molar-refractivity contribution in [3.05, 3.63) is 23.6 Å². The highest BCUT2D eigenvalue weighted by molar-refractivity contribution is 7.89. The number of sulfonamides is 1. The van der Waals surface area contributed by atoms with Gasteiger partial charge in [-0.1, -0.05) is 5.16 Å². The first kappa shape index (κ1) is 21.5. The molecule has 0 spiro atoms. The largest absolute Gasteiger partial charge is 0.493 e. The quantitative estimate of drug-likeness (QED) is 0.634. The summed E-state index contributed by atoms with van der Waals surface area (Å²) >= 11 is 0. The molecule has 154 valence electrons. The van der Waals surface area contributed by atoms with Gasteiger partial charge in [-0.05, 0) is 13.8 Å². The second kappa shape index (κ2) is 8.93. The number of rotatable bonds is 9. The third-order valence-corrected chi connectivity index (χ3v) is 5.53. The summed E-state index contributed by atoms with van der Waals surface area (Å²) in [5.74, 6) is 0.963. The molecule has 0 fully saturated rings. The van der Waals surface area contributed by atoms with Crippen molar-refractivity contribution in [2.45, 2.75) is 25.2 Å². The number of anilines is 1. The number of aryl methyl sites for hydroxylation is 2. The van der Waals surface area contributed by atoms with Gasteiger partial charge in [0.25, 0.3) is 0 Å². The Morgan fingerprint density at radius 1 is 1.11 bits per heavy atom. The molecule has 10 nitrogen and oxygen atoms in total. The number of aromatic nitrogens is 1. The lowest BCUT2D eigenvalue weighted by molar-refractivity contribution is -0.116. The molecule has 2 aromatic rings. The number of hydrogen-bond acceptors (Lipinski definition) is 8. The topological polar surface area (TPSA) is 129 Å². The average Bonchev–Trinajstić information content (AvgIpc) is 2.99. The van der Waals surface area contributed by atoms with Crippen molar-refractivity contribution in [3.8, 4) is 17.2 Å². The molecule has 11 heteroatoms. The fourth-order valence-corrected chi connectivity index (χ4v) is 3.96. The fraction of sp³-hybridized carbons (Fsp3) is 0.412. The Bertz CT molecular complexity index is 909. The molecule has 0 aliphatic heterocycles. The monoisotopic (exact) mass is 413 g/mol. The summed E-state index contributed by atoms with van der Waals surface area (Å²) < 4.78 is 47.6. The lowest BCUT2D eigenvalue weighted by Crippen LogP contribution is -2.28. The number of nitrogens with one attached hydrogen (secondary N) is 2. The van der Waals surface area contributed by atoms with Crippen molar-refractivity contribution >= 4 is 21.6 Å². The highest BCUT2D eigenvalue weighted by Crippen LogP contribution is 2.39. The summed E-state index contributed by atoms with van der Waals surface area (Å²) in [6.07, 6.45) is -0.0841. The van der Waals surface area contributed by atoms with Crippen molar-refractivity contribution in [3.63, 3.8) is 0 Å². The van der Waals surface area contributed by atoms with Crippen LogP contribution in [0.3, 0.4) is 0 Å². The minimum Gasteiger partial charge on any atom is -0.493 e. The molecule has 1 amide bonds. The van der Waals surface area contributed by atoms with E-state index in [1.165, 1.54) is 35.2 Å². The highest BCUT2D eigenvalue weighted by atomic mass is 32.2. The molecule has 2 N–H and O–H groups in total. The van der Waals surface area contributed by atoms with Gasteiger partial charge in [0.2, 0.25) is 21.7 Å². The molecule has 0 aliphatic carbocycles. The number of carbonyl (C=O) groups is 1. The van der Waals surface area contributed by atoms with E-state index in [2.05, 4.69) is 15.2 Å². The van der Waals surface area contributed by atoms with Gasteiger partial charge in [-0.3, -0.25) is 4.79 Å². The highest BCUT2D eigenvalue weighted by Gasteiger charge is 2.24. The zero-order valence-electron chi connectivity index (χ0n) is 16.3. The molecule has 28 heavy (non-hydrogen) atoms. The minimum atomic E-state index is -3.82. The molecule has 1 heterocycles. The van der Waals surface area contributed by atoms with Crippen LogP contribution in [0, 0.1) is 13.8 Å². The van der Waals surface area contributed by atoms with Crippen molar-refractivity contribution in [1.82, 2.24) is 9.88 Å². The summed E-state index contributed by atoms with van der Waals surface area (Å²) in [4.78, 5) is 12.2. The van der Waals surface area contributed by atoms with Crippen LogP contribution in [0.25, 0.3) is 0 Å². The molecule has 0 radical (unpaired) electrons. The second-order valence-corrected chi connectivity index (χ2v) is 7.47. The average molecular weight is 413 g/mol. The van der Waals surface area contributed by atoms with Gasteiger partial charge in [0.05, 0.1) is 21.3 Å². The lowest BCUT2D eigenvalue weighted by atomic mass is 10.2. The van der Waals surface area contributed by atoms with Crippen molar-refractivity contribution in [1.29, 1.82) is 0 Å². The van der Waals surface area contributed by atoms with Gasteiger partial charge in [-0.25, -0.2) is 13.1 Å². The van der Waals surface area contributed by atoms with Gasteiger partial charge in [0.1, 0.15) is 10.6 Å². The first-order valence-corrected chi connectivity index (χ1v) is 9.74. The third-order valence-electron chi connectivity index (χ3n) is 3.83. The van der Waals surface area contributed by atoms with E-state index in [1.807, 2.05) is 0 Å². The van der Waals surface area contributed by atoms with Gasteiger partial charge in [0.15, 0.2) is 17.3 Å². The van der Waals surface area contributed by atoms with E-state index in [0.29, 0.717) is 22.9 Å². The maximum Gasteiger partial charge on any atom is 0.245 e. The van der Waals surface area contributed by atoms with E-state index in [4.69, 9.17) is 18.7 Å². The predicted octanol–water partition coefficient (Wildman–Crippen LogP) is 1.62. The molecule has 1 aromatic heterocycles. The summed E-state index contributed by atoms with van der Waals surface area (Å²) in [7, 11) is 0.585. The van der Waals surface area contributed by atoms with Crippen LogP contribution in [0.4, 0.5) is 5.69 Å².